The average molecular weight is 1570 g/mol. The molecule has 0 radical (unpaired) electrons. The van der Waals surface area contributed by atoms with Gasteiger partial charge in [0.25, 0.3) is 0 Å². The molecule has 4 aromatic carbocycles. The number of hydrogen-bond acceptors (Lipinski definition) is 17. The van der Waals surface area contributed by atoms with Gasteiger partial charge >= 0.3 is 12.1 Å². The second-order valence-corrected chi connectivity index (χ2v) is 30.0. The predicted octanol–water partition coefficient (Wildman–Crippen LogP) is 6.86. The Bertz CT molecular complexity index is 3870. The van der Waals surface area contributed by atoms with E-state index < -0.39 is 126 Å². The zero-order valence-corrected chi connectivity index (χ0v) is 68.0. The number of fused-ring (bicyclic) bond motifs is 2. The lowest BCUT2D eigenvalue weighted by atomic mass is 9.89. The van der Waals surface area contributed by atoms with Crippen LogP contribution < -0.4 is 47.9 Å². The minimum atomic E-state index is -1.14. The van der Waals surface area contributed by atoms with Crippen molar-refractivity contribution in [3.05, 3.63) is 131 Å². The van der Waals surface area contributed by atoms with Gasteiger partial charge < -0.3 is 86.4 Å². The number of nitrogens with one attached hydrogen (secondary N) is 7. The van der Waals surface area contributed by atoms with Crippen LogP contribution in [0.3, 0.4) is 0 Å². The number of anilines is 2. The highest BCUT2D eigenvalue weighted by Gasteiger charge is 2.44. The van der Waals surface area contributed by atoms with Crippen LogP contribution in [0, 0.1) is 41.4 Å². The van der Waals surface area contributed by atoms with E-state index >= 15 is 0 Å². The number of likely N-dealkylation sites (tertiary alicyclic amines) is 1. The van der Waals surface area contributed by atoms with Crippen LogP contribution >= 0.6 is 0 Å². The first-order chi connectivity index (χ1) is 53.9. The van der Waals surface area contributed by atoms with Gasteiger partial charge in [-0.2, -0.15) is 0 Å². The number of urea groups is 1. The number of benzene rings is 4. The molecule has 2 aliphatic heterocycles. The molecule has 0 aromatic heterocycles. The summed E-state index contributed by atoms with van der Waals surface area (Å²) in [4.78, 5) is 156. The number of carbonyl (C=O) groups is 11. The van der Waals surface area contributed by atoms with E-state index in [0.717, 1.165) is 16.7 Å². The maximum atomic E-state index is 14.9. The summed E-state index contributed by atoms with van der Waals surface area (Å²) in [5, 5.41) is 30.4. The van der Waals surface area contributed by atoms with Crippen LogP contribution in [0.15, 0.2) is 103 Å². The van der Waals surface area contributed by atoms with E-state index in [1.54, 1.807) is 114 Å². The summed E-state index contributed by atoms with van der Waals surface area (Å²) in [5.41, 5.74) is 9.96. The van der Waals surface area contributed by atoms with Crippen molar-refractivity contribution < 1.29 is 81.5 Å². The van der Waals surface area contributed by atoms with Gasteiger partial charge in [-0.3, -0.25) is 48.1 Å². The SMILES string of the molecule is CC[C@H](C)[C@@H]([C@@H](CC(=O)N1CCC[C@H]1[C@H](OC)[C@@H](C)C(=O)N[C@H](C)[C@@H](O)c1ccccc1)OC)N(C)C(=O)[C@@H](NC(=O)[C@H](C(C)C)N(C)C(=O)OCc1ccc(NC(=O)[C@H](CCCNC(N)=O)NC(=O)[C@@H](NC(=O)CCOCCOCCNC(=O)CCC(=O)N2Cc3ccccc3C#Cc3ccccc32)C(C)C)cc1)C(C)C. The van der Waals surface area contributed by atoms with Gasteiger partial charge in [0.2, 0.25) is 53.2 Å². The molecule has 0 spiro atoms. The second kappa shape index (κ2) is 46.3. The number of nitrogens with two attached hydrogens (primary N) is 1. The van der Waals surface area contributed by atoms with E-state index in [-0.39, 0.29) is 114 Å². The third-order valence-corrected chi connectivity index (χ3v) is 20.7. The zero-order valence-electron chi connectivity index (χ0n) is 68.0. The van der Waals surface area contributed by atoms with Crippen LogP contribution in [-0.2, 0) is 80.0 Å². The Morgan fingerprint density at radius 3 is 1.92 bits per heavy atom. The zero-order chi connectivity index (χ0) is 83.0. The lowest BCUT2D eigenvalue weighted by Crippen LogP contribution is -2.60. The standard InChI is InChI=1S/C84H120N12O17/c1-15-55(8)75(67(109-13)49-71(100)95-44-24-32-66(95)77(110-14)56(9)78(102)88-57(10)76(101)61-27-17-16-18-28-61)93(11)82(106)73(53(4)5)92-81(105)74(54(6)7)94(12)84(108)113-51-58-33-37-63(38-34-58)89-79(103)64(30-23-42-87-83(85)107)90-80(104)72(52(2)3)91-69(98)41-45-111-47-48-112-46-43-86-68(97)39-40-70(99)96-50-62-29-20-19-25-59(62)35-36-60-26-21-22-31-65(60)96/h16-22,25-29,31,33-34,37-38,52-57,64,66-67,72-77,101H,15,23-24,30,32,39-51H2,1-14H3,(H,86,97)(H,88,102)(H,89,103)(H,90,104)(H,91,98)(H,92,105)(H3,85,87,107)/t55-,56+,57+,64-,66-,67+,72-,73-,74-,75-,76+,77+/m0/s1. The minimum Gasteiger partial charge on any atom is -0.445 e. The Kier molecular flexibility index (Phi) is 37.6. The number of rotatable bonds is 44. The molecule has 0 aliphatic carbocycles. The van der Waals surface area contributed by atoms with Crippen molar-refractivity contribution in [3.63, 3.8) is 0 Å². The van der Waals surface area contributed by atoms with E-state index in [0.29, 0.717) is 54.9 Å². The second-order valence-electron chi connectivity index (χ2n) is 30.0. The van der Waals surface area contributed by atoms with Crippen molar-refractivity contribution >= 4 is 76.7 Å². The first-order valence-electron chi connectivity index (χ1n) is 39.2. The molecular formula is C84H120N12O17. The topological polar surface area (TPSA) is 377 Å². The van der Waals surface area contributed by atoms with Crippen LogP contribution in [0.25, 0.3) is 0 Å². The van der Waals surface area contributed by atoms with Crippen LogP contribution in [0.2, 0.25) is 0 Å². The fourth-order valence-corrected chi connectivity index (χ4v) is 14.1. The molecule has 2 heterocycles. The molecule has 0 bridgehead atoms. The van der Waals surface area contributed by atoms with Crippen molar-refractivity contribution in [3.8, 4) is 11.8 Å². The molecule has 29 heteroatoms. The van der Waals surface area contributed by atoms with Crippen molar-refractivity contribution in [2.75, 3.05) is 84.6 Å². The van der Waals surface area contributed by atoms with Crippen LogP contribution in [-0.4, -0.2) is 214 Å². The average Bonchev–Trinajstić information content (AvgIpc) is 1.31. The summed E-state index contributed by atoms with van der Waals surface area (Å²) in [6.07, 6.45) is -1.29. The number of likely N-dealkylation sites (N-methyl/N-ethyl adjacent to an activating group) is 2. The van der Waals surface area contributed by atoms with Gasteiger partial charge in [-0.1, -0.05) is 153 Å². The van der Waals surface area contributed by atoms with Gasteiger partial charge in [-0.25, -0.2) is 9.59 Å². The van der Waals surface area contributed by atoms with Crippen molar-refractivity contribution in [2.24, 2.45) is 35.3 Å². The smallest absolute Gasteiger partial charge is 0.410 e. The highest BCUT2D eigenvalue weighted by atomic mass is 16.6. The van der Waals surface area contributed by atoms with Gasteiger partial charge in [-0.15, -0.1) is 0 Å². The molecular weight excluding hydrogens is 1450 g/mol. The van der Waals surface area contributed by atoms with E-state index in [1.807, 2.05) is 80.6 Å². The van der Waals surface area contributed by atoms with Gasteiger partial charge in [0.05, 0.1) is 87.4 Å². The number of methoxy groups -OCH3 is 2. The van der Waals surface area contributed by atoms with E-state index in [2.05, 4.69) is 49.1 Å². The quantitative estimate of drug-likeness (QED) is 0.0161. The number of aliphatic hydroxyl groups is 1. The Labute approximate surface area is 665 Å². The number of amides is 12. The molecule has 2 aliphatic rings. The highest BCUT2D eigenvalue weighted by Crippen LogP contribution is 2.32. The van der Waals surface area contributed by atoms with Crippen molar-refractivity contribution in [2.45, 2.75) is 201 Å². The van der Waals surface area contributed by atoms with Gasteiger partial charge in [-0.05, 0) is 103 Å². The van der Waals surface area contributed by atoms with Gasteiger partial charge in [0.15, 0.2) is 0 Å². The van der Waals surface area contributed by atoms with Gasteiger partial charge in [0, 0.05) is 84.0 Å². The van der Waals surface area contributed by atoms with Crippen LogP contribution in [0.5, 0.6) is 0 Å². The number of hydrogen-bond donors (Lipinski definition) is 9. The third kappa shape index (κ3) is 27.7. The number of carbonyl (C=O) groups excluding carboxylic acids is 11. The van der Waals surface area contributed by atoms with E-state index in [1.165, 1.54) is 26.2 Å². The van der Waals surface area contributed by atoms with E-state index in [9.17, 15) is 57.8 Å². The largest absolute Gasteiger partial charge is 0.445 e. The molecule has 6 rings (SSSR count). The van der Waals surface area contributed by atoms with E-state index in [4.69, 9.17) is 29.4 Å². The minimum absolute atomic E-state index is 0.00398. The fraction of sp³-hybridized carbons (Fsp3) is 0.560. The lowest BCUT2D eigenvalue weighted by Gasteiger charge is -2.41. The molecule has 1 fully saturated rings. The molecule has 29 nitrogen and oxygen atoms in total. The molecule has 12 atom stereocenters. The summed E-state index contributed by atoms with van der Waals surface area (Å²) in [5.74, 6) is 0.364. The monoisotopic (exact) mass is 1570 g/mol. The predicted molar refractivity (Wildman–Crippen MR) is 428 cm³/mol. The first-order valence-corrected chi connectivity index (χ1v) is 39.2. The summed E-state index contributed by atoms with van der Waals surface area (Å²) in [6.45, 7) is 19.3. The summed E-state index contributed by atoms with van der Waals surface area (Å²) >= 11 is 0. The Morgan fingerprint density at radius 1 is 0.628 bits per heavy atom. The number of aliphatic hydroxyl groups excluding tert-OH is 1. The number of primary amides is 1. The fourth-order valence-electron chi connectivity index (χ4n) is 14.1. The maximum absolute atomic E-state index is 14.9. The number of nitrogens with zero attached hydrogens (tertiary/aromatic N) is 4. The number of ether oxygens (including phenoxy) is 5. The Morgan fingerprint density at radius 2 is 1.27 bits per heavy atom. The van der Waals surface area contributed by atoms with Crippen molar-refractivity contribution in [1.29, 1.82) is 0 Å². The number of para-hydroxylation sites is 1. The maximum Gasteiger partial charge on any atom is 0.410 e. The first kappa shape index (κ1) is 91.9. The van der Waals surface area contributed by atoms with Gasteiger partial charge in [0.1, 0.15) is 30.8 Å². The molecule has 12 amide bonds. The Balaban J connectivity index is 0.952. The third-order valence-electron chi connectivity index (χ3n) is 20.7. The van der Waals surface area contributed by atoms with Crippen LogP contribution in [0.4, 0.5) is 21.0 Å². The highest BCUT2D eigenvalue weighted by molar-refractivity contribution is 5.99. The lowest BCUT2D eigenvalue weighted by molar-refractivity contribution is -0.148. The molecule has 4 aromatic rings. The molecule has 1 saturated heterocycles. The Hall–Kier alpha value is -9.99. The van der Waals surface area contributed by atoms with Crippen molar-refractivity contribution in [1.82, 2.24) is 46.6 Å². The summed E-state index contributed by atoms with van der Waals surface area (Å²) < 4.78 is 29.0. The van der Waals surface area contributed by atoms with Crippen LogP contribution in [0.1, 0.15) is 161 Å². The molecule has 0 saturated carbocycles. The molecule has 618 valence electrons. The summed E-state index contributed by atoms with van der Waals surface area (Å²) in [7, 11) is 6.08. The molecule has 113 heavy (non-hydrogen) atoms. The molecule has 10 N–H and O–H groups in total. The normalized spacial score (nSPS) is 16.0. The molecule has 0 unspecified atom stereocenters. The summed E-state index contributed by atoms with van der Waals surface area (Å²) in [6, 6.07) is 23.7.